The normalized spacial score (nSPS) is 9.58. The predicted molar refractivity (Wildman–Crippen MR) is 71.6 cm³/mol. The van der Waals surface area contributed by atoms with Crippen LogP contribution in [0, 0.1) is 18.8 Å². The van der Waals surface area contributed by atoms with Gasteiger partial charge in [-0.2, -0.15) is 0 Å². The van der Waals surface area contributed by atoms with E-state index in [1.807, 2.05) is 13.0 Å². The second kappa shape index (κ2) is 5.85. The maximum atomic E-state index is 12.0. The number of nitrogens with zero attached hydrogens (tertiary/aromatic N) is 1. The lowest BCUT2D eigenvalue weighted by molar-refractivity contribution is 0.102. The van der Waals surface area contributed by atoms with E-state index in [1.54, 1.807) is 18.2 Å². The van der Waals surface area contributed by atoms with Gasteiger partial charge in [-0.15, -0.1) is 0 Å². The third-order valence-electron chi connectivity index (χ3n) is 2.35. The van der Waals surface area contributed by atoms with Crippen LogP contribution in [-0.4, -0.2) is 17.6 Å². The van der Waals surface area contributed by atoms with Gasteiger partial charge < -0.3 is 15.6 Å². The molecule has 0 spiro atoms. The van der Waals surface area contributed by atoms with Crippen molar-refractivity contribution in [3.63, 3.8) is 0 Å². The molecule has 3 N–H and O–H groups in total. The van der Waals surface area contributed by atoms with Gasteiger partial charge in [-0.05, 0) is 30.7 Å². The van der Waals surface area contributed by atoms with E-state index >= 15 is 0 Å². The molecule has 0 aliphatic rings. The van der Waals surface area contributed by atoms with E-state index in [4.69, 9.17) is 5.73 Å². The van der Waals surface area contributed by atoms with Gasteiger partial charge in [-0.3, -0.25) is 4.79 Å². The summed E-state index contributed by atoms with van der Waals surface area (Å²) in [5, 5.41) is 6.26. The van der Waals surface area contributed by atoms with E-state index in [0.717, 1.165) is 11.1 Å². The van der Waals surface area contributed by atoms with Crippen molar-refractivity contribution in [1.82, 2.24) is 5.16 Å². The standard InChI is InChI=1S/C14H13N3O2/c1-10-7-11(3-2-5-15)9-12(8-10)14(18)16-13-4-6-19-17-13/h4,6-9H,5,15H2,1H3,(H,16,17,18). The van der Waals surface area contributed by atoms with Gasteiger partial charge in [-0.25, -0.2) is 0 Å². The fourth-order valence-corrected chi connectivity index (χ4v) is 1.60. The van der Waals surface area contributed by atoms with Gasteiger partial charge in [0.2, 0.25) is 0 Å². The molecule has 5 heteroatoms. The minimum Gasteiger partial charge on any atom is -0.363 e. The van der Waals surface area contributed by atoms with Crippen LogP contribution in [0.5, 0.6) is 0 Å². The Bertz CT molecular complexity index is 636. The van der Waals surface area contributed by atoms with Crippen LogP contribution in [-0.2, 0) is 0 Å². The lowest BCUT2D eigenvalue weighted by atomic mass is 10.1. The molecule has 0 bridgehead atoms. The summed E-state index contributed by atoms with van der Waals surface area (Å²) in [5.74, 6) is 5.79. The molecule has 96 valence electrons. The lowest BCUT2D eigenvalue weighted by Gasteiger charge is -2.04. The Labute approximate surface area is 110 Å². The summed E-state index contributed by atoms with van der Waals surface area (Å²) in [6, 6.07) is 6.96. The first-order chi connectivity index (χ1) is 9.19. The summed E-state index contributed by atoms with van der Waals surface area (Å²) < 4.78 is 4.65. The molecular formula is C14H13N3O2. The van der Waals surface area contributed by atoms with Crippen LogP contribution < -0.4 is 11.1 Å². The SMILES string of the molecule is Cc1cc(C#CCN)cc(C(=O)Nc2ccon2)c1. The van der Waals surface area contributed by atoms with Crippen LogP contribution in [0.3, 0.4) is 0 Å². The van der Waals surface area contributed by atoms with E-state index in [2.05, 4.69) is 26.8 Å². The number of aryl methyl sites for hydroxylation is 1. The highest BCUT2D eigenvalue weighted by Gasteiger charge is 2.09. The van der Waals surface area contributed by atoms with Crippen molar-refractivity contribution in [2.75, 3.05) is 11.9 Å². The van der Waals surface area contributed by atoms with Crippen molar-refractivity contribution < 1.29 is 9.32 Å². The first-order valence-corrected chi connectivity index (χ1v) is 5.71. The Hall–Kier alpha value is -2.58. The number of anilines is 1. The highest BCUT2D eigenvalue weighted by Crippen LogP contribution is 2.11. The van der Waals surface area contributed by atoms with Gasteiger partial charge in [0.25, 0.3) is 5.91 Å². The summed E-state index contributed by atoms with van der Waals surface area (Å²) in [5.41, 5.74) is 7.56. The number of nitrogens with one attached hydrogen (secondary N) is 1. The smallest absolute Gasteiger partial charge is 0.256 e. The Kier molecular flexibility index (Phi) is 3.96. The lowest BCUT2D eigenvalue weighted by Crippen LogP contribution is -2.12. The van der Waals surface area contributed by atoms with Gasteiger partial charge >= 0.3 is 0 Å². The van der Waals surface area contributed by atoms with Gasteiger partial charge in [-0.1, -0.05) is 17.0 Å². The number of carbonyl (C=O) groups is 1. The number of aromatic nitrogens is 1. The topological polar surface area (TPSA) is 81.2 Å². The van der Waals surface area contributed by atoms with Crippen LogP contribution in [0.4, 0.5) is 5.82 Å². The second-order valence-electron chi connectivity index (χ2n) is 3.93. The van der Waals surface area contributed by atoms with Crippen molar-refractivity contribution in [3.8, 4) is 11.8 Å². The van der Waals surface area contributed by atoms with Gasteiger partial charge in [0.15, 0.2) is 5.82 Å². The van der Waals surface area contributed by atoms with E-state index in [1.165, 1.54) is 6.26 Å². The number of carbonyl (C=O) groups excluding carboxylic acids is 1. The highest BCUT2D eigenvalue weighted by molar-refractivity contribution is 6.04. The molecular weight excluding hydrogens is 242 g/mol. The molecule has 0 fully saturated rings. The zero-order chi connectivity index (χ0) is 13.7. The minimum absolute atomic E-state index is 0.256. The summed E-state index contributed by atoms with van der Waals surface area (Å²) in [6.07, 6.45) is 1.39. The largest absolute Gasteiger partial charge is 0.363 e. The predicted octanol–water partition coefficient (Wildman–Crippen LogP) is 1.55. The maximum absolute atomic E-state index is 12.0. The number of benzene rings is 1. The fourth-order valence-electron chi connectivity index (χ4n) is 1.60. The van der Waals surface area contributed by atoms with Gasteiger partial charge in [0, 0.05) is 17.2 Å². The van der Waals surface area contributed by atoms with Gasteiger partial charge in [0.05, 0.1) is 6.54 Å². The first-order valence-electron chi connectivity index (χ1n) is 5.71. The Morgan fingerprint density at radius 2 is 2.32 bits per heavy atom. The summed E-state index contributed by atoms with van der Waals surface area (Å²) in [4.78, 5) is 12.0. The molecule has 0 saturated carbocycles. The van der Waals surface area contributed by atoms with Gasteiger partial charge in [0.1, 0.15) is 6.26 Å². The first kappa shape index (κ1) is 12.9. The Morgan fingerprint density at radius 1 is 1.47 bits per heavy atom. The number of hydrogen-bond donors (Lipinski definition) is 2. The molecule has 1 aromatic carbocycles. The second-order valence-corrected chi connectivity index (χ2v) is 3.93. The minimum atomic E-state index is -0.256. The Morgan fingerprint density at radius 3 is 3.00 bits per heavy atom. The molecule has 0 aliphatic carbocycles. The average Bonchev–Trinajstić information content (AvgIpc) is 2.88. The molecule has 0 unspecified atom stereocenters. The molecule has 0 saturated heterocycles. The third kappa shape index (κ3) is 3.44. The van der Waals surface area contributed by atoms with Crippen molar-refractivity contribution in [2.45, 2.75) is 6.92 Å². The van der Waals surface area contributed by atoms with Crippen molar-refractivity contribution >= 4 is 11.7 Å². The van der Waals surface area contributed by atoms with Crippen molar-refractivity contribution in [1.29, 1.82) is 0 Å². The Balaban J connectivity index is 2.24. The summed E-state index contributed by atoms with van der Waals surface area (Å²) >= 11 is 0. The molecule has 1 amide bonds. The third-order valence-corrected chi connectivity index (χ3v) is 2.35. The molecule has 0 radical (unpaired) electrons. The quantitative estimate of drug-likeness (QED) is 0.798. The van der Waals surface area contributed by atoms with Crippen molar-refractivity contribution in [3.05, 3.63) is 47.2 Å². The van der Waals surface area contributed by atoms with Crippen LogP contribution in [0.2, 0.25) is 0 Å². The van der Waals surface area contributed by atoms with E-state index in [0.29, 0.717) is 11.4 Å². The van der Waals surface area contributed by atoms with Crippen LogP contribution in [0.15, 0.2) is 35.1 Å². The molecule has 19 heavy (non-hydrogen) atoms. The summed E-state index contributed by atoms with van der Waals surface area (Å²) in [7, 11) is 0. The van der Waals surface area contributed by atoms with E-state index in [9.17, 15) is 4.79 Å². The average molecular weight is 255 g/mol. The van der Waals surface area contributed by atoms with Crippen LogP contribution in [0.1, 0.15) is 21.5 Å². The highest BCUT2D eigenvalue weighted by atomic mass is 16.5. The molecule has 1 heterocycles. The van der Waals surface area contributed by atoms with Crippen LogP contribution >= 0.6 is 0 Å². The number of nitrogens with two attached hydrogens (primary N) is 1. The van der Waals surface area contributed by atoms with E-state index in [-0.39, 0.29) is 12.5 Å². The fraction of sp³-hybridized carbons (Fsp3) is 0.143. The zero-order valence-corrected chi connectivity index (χ0v) is 10.4. The summed E-state index contributed by atoms with van der Waals surface area (Å²) in [6.45, 7) is 2.19. The number of hydrogen-bond acceptors (Lipinski definition) is 4. The zero-order valence-electron chi connectivity index (χ0n) is 10.4. The number of amides is 1. The molecule has 2 rings (SSSR count). The number of rotatable bonds is 2. The molecule has 0 atom stereocenters. The molecule has 0 aliphatic heterocycles. The van der Waals surface area contributed by atoms with Crippen molar-refractivity contribution in [2.24, 2.45) is 5.73 Å². The molecule has 2 aromatic rings. The van der Waals surface area contributed by atoms with E-state index < -0.39 is 0 Å². The monoisotopic (exact) mass is 255 g/mol. The van der Waals surface area contributed by atoms with Crippen LogP contribution in [0.25, 0.3) is 0 Å². The maximum Gasteiger partial charge on any atom is 0.256 e. The molecule has 1 aromatic heterocycles. The molecule has 5 nitrogen and oxygen atoms in total.